The van der Waals surface area contributed by atoms with Crippen molar-refractivity contribution < 1.29 is 19.1 Å². The third-order valence-electron chi connectivity index (χ3n) is 11.7. The van der Waals surface area contributed by atoms with E-state index in [0.717, 1.165) is 54.8 Å². The van der Waals surface area contributed by atoms with Gasteiger partial charge in [0.2, 0.25) is 0 Å². The fraction of sp³-hybridized carbons (Fsp3) is 0.886. The molecule has 4 heteroatoms. The Balaban J connectivity index is 1.39. The Morgan fingerprint density at radius 2 is 1.67 bits per heavy atom. The molecule has 0 saturated heterocycles. The van der Waals surface area contributed by atoms with Crippen molar-refractivity contribution in [2.75, 3.05) is 0 Å². The lowest BCUT2D eigenvalue weighted by Crippen LogP contribution is -2.51. The summed E-state index contributed by atoms with van der Waals surface area (Å²) in [4.78, 5) is 25.2. The minimum atomic E-state index is -0.888. The van der Waals surface area contributed by atoms with Crippen LogP contribution in [0.25, 0.3) is 0 Å². The van der Waals surface area contributed by atoms with Crippen LogP contribution in [-0.4, -0.2) is 23.6 Å². The van der Waals surface area contributed by atoms with Gasteiger partial charge < -0.3 is 9.47 Å². The van der Waals surface area contributed by atoms with Gasteiger partial charge in [0.15, 0.2) is 5.92 Å². The molecule has 0 N–H and O–H groups in total. The number of fused-ring (bicyclic) bond motifs is 5. The summed E-state index contributed by atoms with van der Waals surface area (Å²) < 4.78 is 11.3. The zero-order valence-corrected chi connectivity index (χ0v) is 26.6. The minimum Gasteiger partial charge on any atom is -0.461 e. The molecule has 222 valence electrons. The van der Waals surface area contributed by atoms with Crippen LogP contribution in [0.15, 0.2) is 11.6 Å². The number of ether oxygens (including phenoxy) is 2. The first-order chi connectivity index (χ1) is 18.2. The second kappa shape index (κ2) is 11.5. The maximum absolute atomic E-state index is 12.8. The highest BCUT2D eigenvalue weighted by molar-refractivity contribution is 5.94. The smallest absolute Gasteiger partial charge is 0.320 e. The second-order valence-corrected chi connectivity index (χ2v) is 15.8. The normalized spacial score (nSPS) is 37.7. The molecule has 4 aliphatic carbocycles. The quantitative estimate of drug-likeness (QED) is 0.174. The van der Waals surface area contributed by atoms with E-state index in [1.807, 2.05) is 20.8 Å². The van der Waals surface area contributed by atoms with Crippen molar-refractivity contribution in [3.63, 3.8) is 0 Å². The molecule has 2 unspecified atom stereocenters. The van der Waals surface area contributed by atoms with Gasteiger partial charge in [-0.15, -0.1) is 0 Å². The molecule has 39 heavy (non-hydrogen) atoms. The molecule has 0 radical (unpaired) electrons. The molecule has 0 aromatic heterocycles. The van der Waals surface area contributed by atoms with E-state index in [0.29, 0.717) is 5.41 Å². The lowest BCUT2D eigenvalue weighted by Gasteiger charge is -2.58. The van der Waals surface area contributed by atoms with E-state index in [-0.39, 0.29) is 11.5 Å². The maximum Gasteiger partial charge on any atom is 0.320 e. The van der Waals surface area contributed by atoms with Gasteiger partial charge in [0.1, 0.15) is 11.7 Å². The van der Waals surface area contributed by atoms with Gasteiger partial charge in [-0.3, -0.25) is 9.59 Å². The number of carbonyl (C=O) groups is 2. The first kappa shape index (κ1) is 30.6. The number of hydrogen-bond donors (Lipinski definition) is 0. The highest BCUT2D eigenvalue weighted by atomic mass is 16.6. The molecule has 0 heterocycles. The van der Waals surface area contributed by atoms with Crippen molar-refractivity contribution in [2.24, 2.45) is 52.3 Å². The van der Waals surface area contributed by atoms with Crippen LogP contribution in [0.2, 0.25) is 0 Å². The summed E-state index contributed by atoms with van der Waals surface area (Å²) in [6.07, 6.45) is 16.1. The monoisotopic (exact) mass is 542 g/mol. The molecular weight excluding hydrogens is 484 g/mol. The predicted molar refractivity (Wildman–Crippen MR) is 158 cm³/mol. The van der Waals surface area contributed by atoms with Gasteiger partial charge in [-0.1, -0.05) is 65.5 Å². The average molecular weight is 543 g/mol. The summed E-state index contributed by atoms with van der Waals surface area (Å²) in [6.45, 7) is 19.5. The van der Waals surface area contributed by atoms with Gasteiger partial charge in [0, 0.05) is 6.42 Å². The summed E-state index contributed by atoms with van der Waals surface area (Å²) in [7, 11) is 0. The van der Waals surface area contributed by atoms with E-state index in [2.05, 4.69) is 40.7 Å². The summed E-state index contributed by atoms with van der Waals surface area (Å²) in [5.74, 6) is 3.12. The zero-order chi connectivity index (χ0) is 28.8. The number of rotatable bonds is 8. The Morgan fingerprint density at radius 1 is 0.949 bits per heavy atom. The molecule has 0 amide bonds. The molecule has 3 fully saturated rings. The van der Waals surface area contributed by atoms with Crippen LogP contribution in [0, 0.1) is 52.3 Å². The van der Waals surface area contributed by atoms with Crippen molar-refractivity contribution in [1.82, 2.24) is 0 Å². The van der Waals surface area contributed by atoms with Gasteiger partial charge in [-0.2, -0.15) is 0 Å². The molecule has 0 bridgehead atoms. The van der Waals surface area contributed by atoms with Gasteiger partial charge in [0.05, 0.1) is 0 Å². The average Bonchev–Trinajstić information content (AvgIpc) is 3.19. The van der Waals surface area contributed by atoms with Gasteiger partial charge in [-0.05, 0) is 119 Å². The number of esters is 2. The molecule has 4 rings (SSSR count). The third kappa shape index (κ3) is 6.30. The molecule has 0 aromatic rings. The standard InChI is InChI=1S/C35H58O4/c1-22(2)11-10-12-23(3)28-15-16-29-27-14-13-25-21-26(38-31(36)24(4)32(37)39-33(5,6)7)17-19-34(25,8)30(27)18-20-35(28,29)9/h13,22-24,26-30H,10-12,14-21H2,1-9H3/t23?,24?,26-,27-,28+,29-,30-,34-,35+/m0/s1. The molecular formula is C35H58O4. The van der Waals surface area contributed by atoms with Crippen LogP contribution in [-0.2, 0) is 19.1 Å². The van der Waals surface area contributed by atoms with Crippen molar-refractivity contribution in [3.05, 3.63) is 11.6 Å². The van der Waals surface area contributed by atoms with Crippen molar-refractivity contribution >= 4 is 11.9 Å². The summed E-state index contributed by atoms with van der Waals surface area (Å²) in [5.41, 5.74) is 1.64. The van der Waals surface area contributed by atoms with Crippen LogP contribution in [0.5, 0.6) is 0 Å². The molecule has 4 nitrogen and oxygen atoms in total. The predicted octanol–water partition coefficient (Wildman–Crippen LogP) is 8.92. The van der Waals surface area contributed by atoms with Crippen molar-refractivity contribution in [1.29, 1.82) is 0 Å². The number of allylic oxidation sites excluding steroid dienone is 1. The van der Waals surface area contributed by atoms with E-state index < -0.39 is 23.5 Å². The minimum absolute atomic E-state index is 0.130. The van der Waals surface area contributed by atoms with E-state index in [1.165, 1.54) is 56.9 Å². The topological polar surface area (TPSA) is 52.6 Å². The summed E-state index contributed by atoms with van der Waals surface area (Å²) >= 11 is 0. The Kier molecular flexibility index (Phi) is 9.05. The van der Waals surface area contributed by atoms with Crippen molar-refractivity contribution in [2.45, 2.75) is 145 Å². The lowest BCUT2D eigenvalue weighted by atomic mass is 9.47. The van der Waals surface area contributed by atoms with Gasteiger partial charge in [0.25, 0.3) is 0 Å². The van der Waals surface area contributed by atoms with Gasteiger partial charge >= 0.3 is 11.9 Å². The fourth-order valence-electron chi connectivity index (χ4n) is 9.51. The highest BCUT2D eigenvalue weighted by Crippen LogP contribution is 2.67. The molecule has 0 aromatic carbocycles. The first-order valence-corrected chi connectivity index (χ1v) is 16.3. The summed E-state index contributed by atoms with van der Waals surface area (Å²) in [5, 5.41) is 0. The Hall–Kier alpha value is -1.32. The van der Waals surface area contributed by atoms with Crippen LogP contribution in [0.4, 0.5) is 0 Å². The Labute approximate surface area is 239 Å². The van der Waals surface area contributed by atoms with Crippen LogP contribution < -0.4 is 0 Å². The van der Waals surface area contributed by atoms with E-state index in [9.17, 15) is 9.59 Å². The molecule has 0 aliphatic heterocycles. The van der Waals surface area contributed by atoms with Crippen molar-refractivity contribution in [3.8, 4) is 0 Å². The largest absolute Gasteiger partial charge is 0.461 e. The van der Waals surface area contributed by atoms with E-state index in [4.69, 9.17) is 9.47 Å². The number of hydrogen-bond acceptors (Lipinski definition) is 4. The highest BCUT2D eigenvalue weighted by Gasteiger charge is 2.59. The van der Waals surface area contributed by atoms with E-state index in [1.54, 1.807) is 6.92 Å². The summed E-state index contributed by atoms with van der Waals surface area (Å²) in [6, 6.07) is 0. The second-order valence-electron chi connectivity index (χ2n) is 15.8. The molecule has 3 saturated carbocycles. The molecule has 9 atom stereocenters. The third-order valence-corrected chi connectivity index (χ3v) is 11.7. The van der Waals surface area contributed by atoms with Crippen LogP contribution in [0.3, 0.4) is 0 Å². The lowest BCUT2D eigenvalue weighted by molar-refractivity contribution is -0.171. The maximum atomic E-state index is 12.8. The first-order valence-electron chi connectivity index (χ1n) is 16.3. The SMILES string of the molecule is CC(C)CCCC(C)[C@H]1CC[C@H]2[C@@H]3CC=C4C[C@@H](OC(=O)C(C)C(=O)OC(C)(C)C)CC[C@]4(C)[C@H]3CC[C@]12C. The zero-order valence-electron chi connectivity index (χ0n) is 26.6. The number of carbonyl (C=O) groups excluding carboxylic acids is 2. The molecule has 4 aliphatic rings. The van der Waals surface area contributed by atoms with Gasteiger partial charge in [-0.25, -0.2) is 0 Å². The molecule has 0 spiro atoms. The van der Waals surface area contributed by atoms with E-state index >= 15 is 0 Å². The van der Waals surface area contributed by atoms with Crippen LogP contribution >= 0.6 is 0 Å². The van der Waals surface area contributed by atoms with Crippen LogP contribution in [0.1, 0.15) is 133 Å². The Bertz CT molecular complexity index is 927. The Morgan fingerprint density at radius 3 is 2.33 bits per heavy atom. The fourth-order valence-corrected chi connectivity index (χ4v) is 9.51.